The number of nitrogens with one attached hydrogen (secondary N) is 1. The van der Waals surface area contributed by atoms with Crippen LogP contribution < -0.4 is 13.9 Å². The van der Waals surface area contributed by atoms with Crippen molar-refractivity contribution in [3.05, 3.63) is 47.7 Å². The molecule has 9 nitrogen and oxygen atoms in total. The Balaban J connectivity index is 2.51. The van der Waals surface area contributed by atoms with Gasteiger partial charge in [-0.1, -0.05) is 0 Å². The van der Waals surface area contributed by atoms with Crippen molar-refractivity contribution in [3.63, 3.8) is 0 Å². The average Bonchev–Trinajstić information content (AvgIpc) is 2.45. The second kappa shape index (κ2) is 6.41. The Bertz CT molecular complexity index is 808. The Kier molecular flexibility index (Phi) is 5.08. The van der Waals surface area contributed by atoms with Crippen molar-refractivity contribution in [2.45, 2.75) is 0 Å². The van der Waals surface area contributed by atoms with Crippen molar-refractivity contribution in [2.75, 3.05) is 0 Å². The minimum atomic E-state index is -5.38. The van der Waals surface area contributed by atoms with Gasteiger partial charge in [0.1, 0.15) is 0 Å². The van der Waals surface area contributed by atoms with E-state index in [-0.39, 0.29) is 4.35 Å². The first-order chi connectivity index (χ1) is 10.5. The van der Waals surface area contributed by atoms with Gasteiger partial charge in [-0.05, 0) is 0 Å². The zero-order valence-electron chi connectivity index (χ0n) is 11.4. The zero-order valence-corrected chi connectivity index (χ0v) is 15.1. The van der Waals surface area contributed by atoms with E-state index in [4.69, 9.17) is 13.4 Å². The first-order valence-corrected chi connectivity index (χ1v) is 12.9. The molecule has 11 heteroatoms. The van der Waals surface area contributed by atoms with Crippen molar-refractivity contribution in [2.24, 2.45) is 0 Å². The normalized spacial score (nSPS) is 13.8. The van der Waals surface area contributed by atoms with E-state index < -0.39 is 43.6 Å². The number of benzene rings is 2. The molecule has 1 unspecified atom stereocenters. The van der Waals surface area contributed by atoms with Crippen LogP contribution in [0, 0.1) is 5.21 Å². The molecule has 0 bridgehead atoms. The maximum atomic E-state index is 11.4. The molecule has 2 rings (SSSR count). The van der Waals surface area contributed by atoms with Crippen LogP contribution in [0.1, 0.15) is 0 Å². The summed E-state index contributed by atoms with van der Waals surface area (Å²) in [5.41, 5.74) is 0.322. The van der Waals surface area contributed by atoms with Crippen LogP contribution in [0.4, 0.5) is 5.69 Å². The third kappa shape index (κ3) is 4.24. The Morgan fingerprint density at radius 2 is 1.35 bits per heavy atom. The van der Waals surface area contributed by atoms with Gasteiger partial charge in [0.2, 0.25) is 0 Å². The van der Waals surface area contributed by atoms with Crippen LogP contribution in [0.2, 0.25) is 0 Å². The van der Waals surface area contributed by atoms with Crippen molar-refractivity contribution in [1.29, 1.82) is 0 Å². The average molecular weight is 449 g/mol. The van der Waals surface area contributed by atoms with Crippen molar-refractivity contribution in [3.8, 4) is 11.1 Å². The molecule has 0 radical (unpaired) electrons. The second-order valence-corrected chi connectivity index (χ2v) is 11.3. The molecule has 2 aromatic rings. The van der Waals surface area contributed by atoms with E-state index in [1.165, 1.54) is 30.3 Å². The molecule has 0 aliphatic rings. The predicted octanol–water partition coefficient (Wildman–Crippen LogP) is -3.12. The molecule has 1 atom stereocenters. The van der Waals surface area contributed by atoms with Gasteiger partial charge in [0.15, 0.2) is 0 Å². The van der Waals surface area contributed by atoms with Crippen LogP contribution in [-0.2, 0) is 7.48 Å². The Morgan fingerprint density at radius 1 is 0.826 bits per heavy atom. The summed E-state index contributed by atoms with van der Waals surface area (Å²) in [7, 11) is 0. The molecular weight excluding hydrogens is 436 g/mol. The number of hydrogen-bond acceptors (Lipinski definition) is 4. The molecule has 2 aromatic carbocycles. The van der Waals surface area contributed by atoms with Crippen molar-refractivity contribution < 1.29 is 34.3 Å². The SMILES string of the molecule is O=[As](O)(O)c1ccc(-c2ccc([As](=O)(O)O)c([NH+]([O-])O)c2)cc1. The molecule has 0 aliphatic carbocycles. The summed E-state index contributed by atoms with van der Waals surface area (Å²) in [6.07, 6.45) is 0. The van der Waals surface area contributed by atoms with E-state index in [1.807, 2.05) is 0 Å². The van der Waals surface area contributed by atoms with Crippen LogP contribution in [0.25, 0.3) is 11.1 Å². The van der Waals surface area contributed by atoms with Gasteiger partial charge in [-0.2, -0.15) is 0 Å². The van der Waals surface area contributed by atoms with Gasteiger partial charge in [0.25, 0.3) is 0 Å². The quantitative estimate of drug-likeness (QED) is 0.211. The number of rotatable bonds is 4. The van der Waals surface area contributed by atoms with E-state index in [1.54, 1.807) is 0 Å². The molecule has 0 spiro atoms. The maximum absolute atomic E-state index is 11.4. The third-order valence-electron chi connectivity index (χ3n) is 3.08. The molecule has 0 aromatic heterocycles. The fraction of sp³-hybridized carbons (Fsp3) is 0. The van der Waals surface area contributed by atoms with Gasteiger partial charge < -0.3 is 0 Å². The van der Waals surface area contributed by atoms with Gasteiger partial charge in [0.05, 0.1) is 0 Å². The first kappa shape index (κ1) is 18.2. The first-order valence-electron chi connectivity index (χ1n) is 6.10. The van der Waals surface area contributed by atoms with E-state index in [2.05, 4.69) is 0 Å². The molecule has 6 N–H and O–H groups in total. The van der Waals surface area contributed by atoms with Crippen LogP contribution in [0.15, 0.2) is 42.5 Å². The summed E-state index contributed by atoms with van der Waals surface area (Å²) >= 11 is -10.4. The molecular formula is C12H13As2NO8. The van der Waals surface area contributed by atoms with E-state index >= 15 is 0 Å². The molecule has 0 fully saturated rings. The summed E-state index contributed by atoms with van der Waals surface area (Å²) in [5.74, 6) is 0. The van der Waals surface area contributed by atoms with E-state index in [0.717, 1.165) is 12.1 Å². The van der Waals surface area contributed by atoms with Crippen LogP contribution in [0.5, 0.6) is 0 Å². The third-order valence-corrected chi connectivity index (χ3v) is 7.25. The summed E-state index contributed by atoms with van der Waals surface area (Å²) < 4.78 is 58.5. The van der Waals surface area contributed by atoms with Gasteiger partial charge in [-0.3, -0.25) is 0 Å². The fourth-order valence-electron chi connectivity index (χ4n) is 1.99. The van der Waals surface area contributed by atoms with E-state index in [9.17, 15) is 20.9 Å². The van der Waals surface area contributed by atoms with Gasteiger partial charge in [-0.25, -0.2) is 0 Å². The summed E-state index contributed by atoms with van der Waals surface area (Å²) in [5, 5.41) is 18.8. The van der Waals surface area contributed by atoms with Gasteiger partial charge >= 0.3 is 136 Å². The fourth-order valence-corrected chi connectivity index (χ4v) is 4.67. The van der Waals surface area contributed by atoms with Crippen molar-refractivity contribution >= 4 is 42.7 Å². The summed E-state index contributed by atoms with van der Waals surface area (Å²) in [6.45, 7) is 0. The van der Waals surface area contributed by atoms with E-state index in [0.29, 0.717) is 11.1 Å². The summed E-state index contributed by atoms with van der Waals surface area (Å²) in [6, 6.07) is 8.79. The van der Waals surface area contributed by atoms with Crippen LogP contribution in [0.3, 0.4) is 0 Å². The molecule has 124 valence electrons. The topological polar surface area (TPSA) is 163 Å². The standard InChI is InChI=1S/C12H13As2NO8/c16-13(17,18)10-4-1-8(2-5-10)9-3-6-11(14(19,20)21)12(7-9)15(22)23/h1-7,15,22H,(H2,16,17,18)(H2,19,20,21). The van der Waals surface area contributed by atoms with Gasteiger partial charge in [0, 0.05) is 0 Å². The second-order valence-electron chi connectivity index (χ2n) is 4.67. The zero-order chi connectivity index (χ0) is 17.4. The predicted molar refractivity (Wildman–Crippen MR) is 78.7 cm³/mol. The van der Waals surface area contributed by atoms with Gasteiger partial charge in [-0.15, -0.1) is 0 Å². The molecule has 0 aliphatic heterocycles. The van der Waals surface area contributed by atoms with Crippen LogP contribution in [-0.4, -0.2) is 49.9 Å². The Morgan fingerprint density at radius 3 is 1.78 bits per heavy atom. The molecule has 0 amide bonds. The summed E-state index contributed by atoms with van der Waals surface area (Å²) in [4.78, 5) is 0. The van der Waals surface area contributed by atoms with Crippen molar-refractivity contribution in [1.82, 2.24) is 0 Å². The monoisotopic (exact) mass is 449 g/mol. The minimum absolute atomic E-state index is 0.125. The van der Waals surface area contributed by atoms with Crippen LogP contribution >= 0.6 is 0 Å². The Labute approximate surface area is 136 Å². The molecule has 23 heavy (non-hydrogen) atoms. The Hall–Kier alpha value is -1.12. The molecule has 0 heterocycles. The number of quaternary nitrogens is 1. The molecule has 0 saturated heterocycles. The molecule has 0 saturated carbocycles. The number of hydrogen-bond donors (Lipinski definition) is 6.